The highest BCUT2D eigenvalue weighted by Gasteiger charge is 2.29. The summed E-state index contributed by atoms with van der Waals surface area (Å²) >= 11 is 0. The summed E-state index contributed by atoms with van der Waals surface area (Å²) in [5.74, 6) is -1.07. The van der Waals surface area contributed by atoms with Crippen LogP contribution < -0.4 is 10.1 Å². The van der Waals surface area contributed by atoms with E-state index < -0.39 is 18.0 Å². The zero-order valence-electron chi connectivity index (χ0n) is 17.8. The number of methoxy groups -OCH3 is 1. The summed E-state index contributed by atoms with van der Waals surface area (Å²) in [4.78, 5) is 24.0. The first-order valence-corrected chi connectivity index (χ1v) is 10.5. The Balaban J connectivity index is 1.35. The van der Waals surface area contributed by atoms with E-state index in [2.05, 4.69) is 29.6 Å². The van der Waals surface area contributed by atoms with Crippen LogP contribution in [0, 0.1) is 5.92 Å². The number of ether oxygens (including phenoxy) is 2. The molecular weight excluding hydrogens is 406 g/mol. The maximum Gasteiger partial charge on any atom is 0.407 e. The highest BCUT2D eigenvalue weighted by molar-refractivity contribution is 5.79. The van der Waals surface area contributed by atoms with Crippen LogP contribution in [0.5, 0.6) is 5.75 Å². The third-order valence-corrected chi connectivity index (χ3v) is 5.83. The van der Waals surface area contributed by atoms with Gasteiger partial charge in [0, 0.05) is 12.5 Å². The van der Waals surface area contributed by atoms with Crippen molar-refractivity contribution < 1.29 is 24.2 Å². The number of hydrogen-bond donors (Lipinski definition) is 2. The Morgan fingerprint density at radius 3 is 2.09 bits per heavy atom. The maximum absolute atomic E-state index is 12.3. The first-order chi connectivity index (χ1) is 15.6. The van der Waals surface area contributed by atoms with Crippen LogP contribution in [-0.4, -0.2) is 37.4 Å². The SMILES string of the molecule is COc1ccc(C[C@H](CNC(=O)OCC2c3ccccc3-c3ccccc32)C(=O)O)cc1. The fraction of sp³-hybridized carbons (Fsp3) is 0.231. The van der Waals surface area contributed by atoms with Gasteiger partial charge in [-0.2, -0.15) is 0 Å². The van der Waals surface area contributed by atoms with E-state index in [1.165, 1.54) is 0 Å². The second-order valence-electron chi connectivity index (χ2n) is 7.79. The first-order valence-electron chi connectivity index (χ1n) is 10.5. The highest BCUT2D eigenvalue weighted by Crippen LogP contribution is 2.44. The number of aliphatic carboxylic acids is 1. The topological polar surface area (TPSA) is 84.9 Å². The van der Waals surface area contributed by atoms with Gasteiger partial charge in [0.15, 0.2) is 0 Å². The number of nitrogens with one attached hydrogen (secondary N) is 1. The molecule has 2 N–H and O–H groups in total. The van der Waals surface area contributed by atoms with Crippen molar-refractivity contribution in [3.05, 3.63) is 89.5 Å². The van der Waals surface area contributed by atoms with Crippen molar-refractivity contribution in [2.24, 2.45) is 5.92 Å². The molecule has 0 fully saturated rings. The number of alkyl carbamates (subject to hydrolysis) is 1. The summed E-state index contributed by atoms with van der Waals surface area (Å²) in [6.45, 7) is 0.175. The van der Waals surface area contributed by atoms with Crippen molar-refractivity contribution in [3.63, 3.8) is 0 Å². The number of rotatable bonds is 8. The lowest BCUT2D eigenvalue weighted by Crippen LogP contribution is -2.35. The molecule has 6 heteroatoms. The molecule has 4 rings (SSSR count). The minimum atomic E-state index is -0.972. The molecule has 0 radical (unpaired) electrons. The molecule has 0 unspecified atom stereocenters. The summed E-state index contributed by atoms with van der Waals surface area (Å²) in [6.07, 6.45) is -0.323. The average Bonchev–Trinajstić information content (AvgIpc) is 3.14. The molecule has 0 heterocycles. The van der Waals surface area contributed by atoms with E-state index >= 15 is 0 Å². The van der Waals surface area contributed by atoms with Gasteiger partial charge >= 0.3 is 12.1 Å². The van der Waals surface area contributed by atoms with E-state index in [0.717, 1.165) is 27.8 Å². The smallest absolute Gasteiger partial charge is 0.407 e. The van der Waals surface area contributed by atoms with Crippen LogP contribution in [0.4, 0.5) is 4.79 Å². The van der Waals surface area contributed by atoms with E-state index in [-0.39, 0.29) is 19.1 Å². The number of benzene rings is 3. The normalized spacial score (nSPS) is 13.0. The molecule has 164 valence electrons. The molecule has 32 heavy (non-hydrogen) atoms. The summed E-state index contributed by atoms with van der Waals surface area (Å²) < 4.78 is 10.6. The Morgan fingerprint density at radius 1 is 0.938 bits per heavy atom. The Bertz CT molecular complexity index is 1060. The van der Waals surface area contributed by atoms with Crippen molar-refractivity contribution in [1.82, 2.24) is 5.32 Å². The standard InChI is InChI=1S/C26H25NO5/c1-31-19-12-10-17(11-13-19)14-18(25(28)29)15-27-26(30)32-16-24-22-8-4-2-6-20(22)21-7-3-5-9-23(21)24/h2-13,18,24H,14-16H2,1H3,(H,27,30)(H,28,29)/t18-/m1/s1. The molecule has 0 bridgehead atoms. The van der Waals surface area contributed by atoms with Gasteiger partial charge in [0.1, 0.15) is 12.4 Å². The summed E-state index contributed by atoms with van der Waals surface area (Å²) in [5.41, 5.74) is 5.42. The predicted molar refractivity (Wildman–Crippen MR) is 121 cm³/mol. The van der Waals surface area contributed by atoms with E-state index in [0.29, 0.717) is 12.2 Å². The predicted octanol–water partition coefficient (Wildman–Crippen LogP) is 4.48. The van der Waals surface area contributed by atoms with Crippen molar-refractivity contribution in [2.75, 3.05) is 20.3 Å². The highest BCUT2D eigenvalue weighted by atomic mass is 16.5. The Labute approximate surface area is 186 Å². The van der Waals surface area contributed by atoms with Crippen LogP contribution in [0.25, 0.3) is 11.1 Å². The van der Waals surface area contributed by atoms with Gasteiger partial charge in [0.25, 0.3) is 0 Å². The van der Waals surface area contributed by atoms with Gasteiger partial charge in [-0.3, -0.25) is 4.79 Å². The zero-order valence-corrected chi connectivity index (χ0v) is 17.8. The van der Waals surface area contributed by atoms with E-state index in [9.17, 15) is 14.7 Å². The zero-order chi connectivity index (χ0) is 22.5. The Hall–Kier alpha value is -3.80. The quantitative estimate of drug-likeness (QED) is 0.549. The van der Waals surface area contributed by atoms with Crippen molar-refractivity contribution in [3.8, 4) is 16.9 Å². The molecule has 0 saturated heterocycles. The van der Waals surface area contributed by atoms with Crippen molar-refractivity contribution >= 4 is 12.1 Å². The number of carbonyl (C=O) groups is 2. The molecule has 3 aromatic rings. The van der Waals surface area contributed by atoms with Crippen LogP contribution in [-0.2, 0) is 16.0 Å². The molecule has 0 aromatic heterocycles. The lowest BCUT2D eigenvalue weighted by Gasteiger charge is -2.16. The van der Waals surface area contributed by atoms with E-state index in [4.69, 9.17) is 9.47 Å². The molecule has 1 aliphatic rings. The molecule has 1 atom stereocenters. The van der Waals surface area contributed by atoms with Gasteiger partial charge in [-0.15, -0.1) is 0 Å². The first kappa shape index (κ1) is 21.4. The maximum atomic E-state index is 12.3. The summed E-state index contributed by atoms with van der Waals surface area (Å²) in [6, 6.07) is 23.4. The van der Waals surface area contributed by atoms with Crippen LogP contribution in [0.2, 0.25) is 0 Å². The van der Waals surface area contributed by atoms with Gasteiger partial charge < -0.3 is 19.9 Å². The number of hydrogen-bond acceptors (Lipinski definition) is 4. The Morgan fingerprint density at radius 2 is 1.53 bits per heavy atom. The fourth-order valence-corrected chi connectivity index (χ4v) is 4.15. The number of carboxylic acids is 1. The van der Waals surface area contributed by atoms with Crippen LogP contribution in [0.3, 0.4) is 0 Å². The molecule has 1 amide bonds. The van der Waals surface area contributed by atoms with Crippen LogP contribution >= 0.6 is 0 Å². The van der Waals surface area contributed by atoms with Gasteiger partial charge in [-0.1, -0.05) is 60.7 Å². The summed E-state index contributed by atoms with van der Waals surface area (Å²) in [5, 5.41) is 12.2. The minimum absolute atomic E-state index is 0.0158. The molecule has 3 aromatic carbocycles. The molecule has 1 aliphatic carbocycles. The minimum Gasteiger partial charge on any atom is -0.497 e. The molecular formula is C26H25NO5. The molecule has 0 spiro atoms. The lowest BCUT2D eigenvalue weighted by molar-refractivity contribution is -0.141. The molecule has 0 saturated carbocycles. The monoisotopic (exact) mass is 431 g/mol. The van der Waals surface area contributed by atoms with Crippen molar-refractivity contribution in [2.45, 2.75) is 12.3 Å². The van der Waals surface area contributed by atoms with Gasteiger partial charge in [-0.25, -0.2) is 4.79 Å². The number of amides is 1. The fourth-order valence-electron chi connectivity index (χ4n) is 4.15. The van der Waals surface area contributed by atoms with Gasteiger partial charge in [0.2, 0.25) is 0 Å². The van der Waals surface area contributed by atoms with Crippen LogP contribution in [0.15, 0.2) is 72.8 Å². The van der Waals surface area contributed by atoms with E-state index in [1.807, 2.05) is 36.4 Å². The second kappa shape index (κ2) is 9.56. The number of carbonyl (C=O) groups excluding carboxylic acids is 1. The second-order valence-corrected chi connectivity index (χ2v) is 7.79. The Kier molecular flexibility index (Phi) is 6.40. The molecule has 6 nitrogen and oxygen atoms in total. The third-order valence-electron chi connectivity index (χ3n) is 5.83. The van der Waals surface area contributed by atoms with Crippen LogP contribution in [0.1, 0.15) is 22.6 Å². The summed E-state index contributed by atoms with van der Waals surface area (Å²) in [7, 11) is 1.58. The molecule has 0 aliphatic heterocycles. The van der Waals surface area contributed by atoms with Crippen molar-refractivity contribution in [1.29, 1.82) is 0 Å². The van der Waals surface area contributed by atoms with Gasteiger partial charge in [0.05, 0.1) is 13.0 Å². The average molecular weight is 431 g/mol. The lowest BCUT2D eigenvalue weighted by atomic mass is 9.98. The number of fused-ring (bicyclic) bond motifs is 3. The largest absolute Gasteiger partial charge is 0.497 e. The van der Waals surface area contributed by atoms with E-state index in [1.54, 1.807) is 19.2 Å². The third kappa shape index (κ3) is 4.59. The van der Waals surface area contributed by atoms with Gasteiger partial charge in [-0.05, 0) is 46.4 Å². The number of carboxylic acid groups (broad SMARTS) is 1.